The Hall–Kier alpha value is -0.100. The Morgan fingerprint density at radius 2 is 2.41 bits per heavy atom. The number of pyridine rings is 1. The monoisotopic (exact) mass is 315 g/mol. The molecule has 1 aliphatic rings. The molecule has 1 aromatic heterocycles. The summed E-state index contributed by atoms with van der Waals surface area (Å²) in [5.74, 6) is 6.96. The fraction of sp³-hybridized carbons (Fsp3) is 0.583. The van der Waals surface area contributed by atoms with E-state index in [4.69, 9.17) is 5.84 Å². The van der Waals surface area contributed by atoms with Crippen LogP contribution < -0.4 is 11.3 Å². The normalized spacial score (nSPS) is 22.4. The fourth-order valence-corrected chi connectivity index (χ4v) is 4.03. The van der Waals surface area contributed by atoms with Gasteiger partial charge in [0.15, 0.2) is 0 Å². The molecule has 2 rings (SSSR count). The summed E-state index contributed by atoms with van der Waals surface area (Å²) in [5, 5.41) is 0.632. The van der Waals surface area contributed by atoms with Gasteiger partial charge in [0.25, 0.3) is 0 Å². The molecule has 0 aromatic carbocycles. The Labute approximate surface area is 115 Å². The van der Waals surface area contributed by atoms with Crippen molar-refractivity contribution in [1.82, 2.24) is 10.4 Å². The average molecular weight is 316 g/mol. The van der Waals surface area contributed by atoms with Gasteiger partial charge in [-0.25, -0.2) is 0 Å². The molecule has 1 saturated heterocycles. The molecule has 0 radical (unpaired) electrons. The van der Waals surface area contributed by atoms with Gasteiger partial charge in [-0.05, 0) is 52.6 Å². The molecule has 94 valence electrons. The second kappa shape index (κ2) is 6.73. The second-order valence-electron chi connectivity index (χ2n) is 4.39. The minimum Gasteiger partial charge on any atom is -0.271 e. The highest BCUT2D eigenvalue weighted by Gasteiger charge is 2.23. The zero-order chi connectivity index (χ0) is 12.1. The molecule has 0 aliphatic carbocycles. The number of thioether (sulfide) groups is 1. The first-order valence-electron chi connectivity index (χ1n) is 5.97. The van der Waals surface area contributed by atoms with Gasteiger partial charge in [0.2, 0.25) is 0 Å². The second-order valence-corrected chi connectivity index (χ2v) is 6.66. The summed E-state index contributed by atoms with van der Waals surface area (Å²) in [6.07, 6.45) is 8.61. The van der Waals surface area contributed by atoms with Crippen LogP contribution in [-0.4, -0.2) is 22.0 Å². The van der Waals surface area contributed by atoms with Gasteiger partial charge in [-0.15, -0.1) is 0 Å². The van der Waals surface area contributed by atoms with E-state index in [1.807, 2.05) is 24.2 Å². The highest BCUT2D eigenvalue weighted by Crippen LogP contribution is 2.28. The number of nitrogens with two attached hydrogens (primary N) is 1. The third-order valence-corrected chi connectivity index (χ3v) is 5.05. The smallest absolute Gasteiger partial charge is 0.0410 e. The Kier molecular flexibility index (Phi) is 5.28. The number of nitrogens with zero attached hydrogens (tertiary/aromatic N) is 1. The van der Waals surface area contributed by atoms with E-state index in [2.05, 4.69) is 32.4 Å². The molecule has 3 nitrogen and oxygen atoms in total. The summed E-state index contributed by atoms with van der Waals surface area (Å²) in [7, 11) is 0. The predicted octanol–water partition coefficient (Wildman–Crippen LogP) is 2.50. The molecule has 0 bridgehead atoms. The van der Waals surface area contributed by atoms with E-state index in [-0.39, 0.29) is 0 Å². The first-order valence-corrected chi connectivity index (χ1v) is 7.81. The van der Waals surface area contributed by atoms with Crippen LogP contribution in [0.25, 0.3) is 0 Å². The first kappa shape index (κ1) is 13.3. The number of hydrogen-bond acceptors (Lipinski definition) is 4. The van der Waals surface area contributed by atoms with Crippen molar-refractivity contribution in [2.45, 2.75) is 37.0 Å². The van der Waals surface area contributed by atoms with Crippen molar-refractivity contribution in [3.63, 3.8) is 0 Å². The lowest BCUT2D eigenvalue weighted by Crippen LogP contribution is -2.45. The van der Waals surface area contributed by atoms with E-state index >= 15 is 0 Å². The van der Waals surface area contributed by atoms with Crippen molar-refractivity contribution in [2.75, 3.05) is 5.75 Å². The van der Waals surface area contributed by atoms with Crippen LogP contribution in [0, 0.1) is 0 Å². The van der Waals surface area contributed by atoms with Gasteiger partial charge in [0, 0.05) is 28.2 Å². The maximum atomic E-state index is 5.69. The molecule has 0 amide bonds. The Morgan fingerprint density at radius 1 is 1.53 bits per heavy atom. The van der Waals surface area contributed by atoms with Crippen LogP contribution in [0.3, 0.4) is 0 Å². The first-order chi connectivity index (χ1) is 8.29. The molecular weight excluding hydrogens is 298 g/mol. The predicted molar refractivity (Wildman–Crippen MR) is 76.8 cm³/mol. The molecule has 0 spiro atoms. The molecule has 5 heteroatoms. The summed E-state index contributed by atoms with van der Waals surface area (Å²) >= 11 is 5.50. The average Bonchev–Trinajstić information content (AvgIpc) is 2.37. The van der Waals surface area contributed by atoms with Gasteiger partial charge in [-0.3, -0.25) is 16.3 Å². The topological polar surface area (TPSA) is 50.9 Å². The van der Waals surface area contributed by atoms with Crippen LogP contribution in [0.5, 0.6) is 0 Å². The minimum atomic E-state index is 0.344. The fourth-order valence-electron chi connectivity index (χ4n) is 2.20. The molecule has 3 N–H and O–H groups in total. The third-order valence-electron chi connectivity index (χ3n) is 3.09. The summed E-state index contributed by atoms with van der Waals surface area (Å²) in [6, 6.07) is 2.46. The van der Waals surface area contributed by atoms with E-state index in [1.165, 1.54) is 30.6 Å². The summed E-state index contributed by atoms with van der Waals surface area (Å²) in [5.41, 5.74) is 4.21. The summed E-state index contributed by atoms with van der Waals surface area (Å²) < 4.78 is 1.03. The number of hydrazine groups is 1. The maximum absolute atomic E-state index is 5.69. The molecule has 2 atom stereocenters. The lowest BCUT2D eigenvalue weighted by atomic mass is 10.0. The molecule has 2 unspecified atom stereocenters. The number of aromatic nitrogens is 1. The van der Waals surface area contributed by atoms with Crippen molar-refractivity contribution < 1.29 is 0 Å². The largest absolute Gasteiger partial charge is 0.271 e. The standard InChI is InChI=1S/C12H18BrN3S/c13-10-5-9(7-15-8-10)6-11(16-14)12-3-1-2-4-17-12/h5,7-8,11-12,16H,1-4,6,14H2. The number of nitrogens with one attached hydrogen (secondary N) is 1. The summed E-state index contributed by atoms with van der Waals surface area (Å²) in [6.45, 7) is 0. The Bertz CT molecular complexity index is 355. The third kappa shape index (κ3) is 3.95. The van der Waals surface area contributed by atoms with Crippen molar-refractivity contribution in [2.24, 2.45) is 5.84 Å². The van der Waals surface area contributed by atoms with E-state index in [0.29, 0.717) is 11.3 Å². The molecule has 1 aliphatic heterocycles. The zero-order valence-electron chi connectivity index (χ0n) is 9.73. The lowest BCUT2D eigenvalue weighted by Gasteiger charge is -2.29. The zero-order valence-corrected chi connectivity index (χ0v) is 12.1. The van der Waals surface area contributed by atoms with Crippen molar-refractivity contribution >= 4 is 27.7 Å². The van der Waals surface area contributed by atoms with Crippen molar-refractivity contribution in [3.05, 3.63) is 28.5 Å². The van der Waals surface area contributed by atoms with Crippen LogP contribution in [0.15, 0.2) is 22.9 Å². The maximum Gasteiger partial charge on any atom is 0.0410 e. The van der Waals surface area contributed by atoms with Crippen LogP contribution in [0.4, 0.5) is 0 Å². The van der Waals surface area contributed by atoms with E-state index in [0.717, 1.165) is 10.9 Å². The van der Waals surface area contributed by atoms with Crippen LogP contribution >= 0.6 is 27.7 Å². The van der Waals surface area contributed by atoms with Crippen LogP contribution in [0.1, 0.15) is 24.8 Å². The lowest BCUT2D eigenvalue weighted by molar-refractivity contribution is 0.471. The van der Waals surface area contributed by atoms with Gasteiger partial charge in [-0.1, -0.05) is 6.42 Å². The molecular formula is C12H18BrN3S. The van der Waals surface area contributed by atoms with Crippen molar-refractivity contribution in [3.8, 4) is 0 Å². The van der Waals surface area contributed by atoms with E-state index in [9.17, 15) is 0 Å². The highest BCUT2D eigenvalue weighted by molar-refractivity contribution is 9.10. The van der Waals surface area contributed by atoms with E-state index in [1.54, 1.807) is 0 Å². The molecule has 2 heterocycles. The van der Waals surface area contributed by atoms with Gasteiger partial charge >= 0.3 is 0 Å². The molecule has 1 aromatic rings. The summed E-state index contributed by atoms with van der Waals surface area (Å²) in [4.78, 5) is 4.19. The molecule has 17 heavy (non-hydrogen) atoms. The van der Waals surface area contributed by atoms with Crippen molar-refractivity contribution in [1.29, 1.82) is 0 Å². The van der Waals surface area contributed by atoms with Gasteiger partial charge in [0.1, 0.15) is 0 Å². The Morgan fingerprint density at radius 3 is 3.06 bits per heavy atom. The van der Waals surface area contributed by atoms with Gasteiger partial charge < -0.3 is 0 Å². The Balaban J connectivity index is 1.98. The SMILES string of the molecule is NNC(Cc1cncc(Br)c1)C1CCCCS1. The van der Waals surface area contributed by atoms with Gasteiger partial charge in [0.05, 0.1) is 0 Å². The van der Waals surface area contributed by atoms with Crippen LogP contribution in [-0.2, 0) is 6.42 Å². The number of rotatable bonds is 4. The van der Waals surface area contributed by atoms with Gasteiger partial charge in [-0.2, -0.15) is 11.8 Å². The van der Waals surface area contributed by atoms with Crippen LogP contribution in [0.2, 0.25) is 0 Å². The highest BCUT2D eigenvalue weighted by atomic mass is 79.9. The number of halogens is 1. The quantitative estimate of drug-likeness (QED) is 0.662. The molecule has 0 saturated carbocycles. The van der Waals surface area contributed by atoms with E-state index < -0.39 is 0 Å². The molecule has 1 fully saturated rings. The number of hydrogen-bond donors (Lipinski definition) is 2. The minimum absolute atomic E-state index is 0.344.